The Morgan fingerprint density at radius 3 is 2.50 bits per heavy atom. The Kier molecular flexibility index (Phi) is 4.10. The predicted molar refractivity (Wildman–Crippen MR) is 74.6 cm³/mol. The van der Waals surface area contributed by atoms with Crippen LogP contribution in [0.25, 0.3) is 0 Å². The quantitative estimate of drug-likeness (QED) is 0.733. The van der Waals surface area contributed by atoms with E-state index >= 15 is 0 Å². The maximum absolute atomic E-state index is 13.5. The Labute approximate surface area is 115 Å². The van der Waals surface area contributed by atoms with Crippen molar-refractivity contribution >= 4 is 17.4 Å². The molecule has 3 N–H and O–H groups in total. The van der Waals surface area contributed by atoms with Crippen LogP contribution < -0.4 is 5.32 Å². The van der Waals surface area contributed by atoms with Crippen LogP contribution in [-0.4, -0.2) is 16.8 Å². The molecule has 0 unspecified atom stereocenters. The van der Waals surface area contributed by atoms with Crippen LogP contribution in [0, 0.1) is 11.2 Å². The molecule has 0 aliphatic heterocycles. The Morgan fingerprint density at radius 1 is 1.15 bits per heavy atom. The van der Waals surface area contributed by atoms with Crippen LogP contribution in [0.15, 0.2) is 48.5 Å². The van der Waals surface area contributed by atoms with Gasteiger partial charge in [-0.25, -0.2) is 9.18 Å². The molecule has 20 heavy (non-hydrogen) atoms. The predicted octanol–water partition coefficient (Wildman–Crippen LogP) is 2.89. The molecule has 2 aromatic carbocycles. The number of anilines is 1. The van der Waals surface area contributed by atoms with E-state index in [0.717, 1.165) is 0 Å². The summed E-state index contributed by atoms with van der Waals surface area (Å²) < 4.78 is 13.5. The van der Waals surface area contributed by atoms with Gasteiger partial charge in [-0.2, -0.15) is 0 Å². The lowest BCUT2D eigenvalue weighted by Crippen LogP contribution is -2.15. The van der Waals surface area contributed by atoms with E-state index in [1.807, 2.05) is 0 Å². The number of nitrogens with one attached hydrogen (secondary N) is 2. The molecule has 4 nitrogen and oxygen atoms in total. The fraction of sp³-hybridized carbons (Fsp3) is 0.0667. The fourth-order valence-electron chi connectivity index (χ4n) is 1.80. The molecule has 0 radical (unpaired) electrons. The Bertz CT molecular complexity index is 656. The number of carboxylic acid groups (broad SMARTS) is 1. The second kappa shape index (κ2) is 5.97. The van der Waals surface area contributed by atoms with E-state index in [1.165, 1.54) is 6.07 Å². The first-order valence-electron chi connectivity index (χ1n) is 5.98. The van der Waals surface area contributed by atoms with Crippen molar-refractivity contribution in [1.29, 1.82) is 5.41 Å². The van der Waals surface area contributed by atoms with Gasteiger partial charge in [-0.3, -0.25) is 5.41 Å². The zero-order valence-corrected chi connectivity index (χ0v) is 10.6. The number of carboxylic acids is 1. The molecule has 0 spiro atoms. The van der Waals surface area contributed by atoms with E-state index in [2.05, 4.69) is 5.32 Å². The normalized spacial score (nSPS) is 10.1. The topological polar surface area (TPSA) is 73.2 Å². The molecular weight excluding hydrogens is 259 g/mol. The second-order valence-electron chi connectivity index (χ2n) is 4.17. The third kappa shape index (κ3) is 3.00. The first-order chi connectivity index (χ1) is 9.59. The molecule has 0 aliphatic carbocycles. The lowest BCUT2D eigenvalue weighted by molar-refractivity contribution is -0.129. The Hall–Kier alpha value is -2.69. The number of rotatable bonds is 5. The lowest BCUT2D eigenvalue weighted by atomic mass is 10.1. The molecule has 102 valence electrons. The van der Waals surface area contributed by atoms with E-state index in [0.29, 0.717) is 11.3 Å². The van der Waals surface area contributed by atoms with Crippen molar-refractivity contribution in [1.82, 2.24) is 0 Å². The summed E-state index contributed by atoms with van der Waals surface area (Å²) >= 11 is 0. The zero-order valence-electron chi connectivity index (χ0n) is 10.6. The number of hydrogen-bond acceptors (Lipinski definition) is 3. The number of benzene rings is 2. The SMILES string of the molecule is N=C(C(=O)O)c1ccccc1NCc1ccccc1F. The highest BCUT2D eigenvalue weighted by atomic mass is 19.1. The van der Waals surface area contributed by atoms with Gasteiger partial charge in [0.25, 0.3) is 0 Å². The van der Waals surface area contributed by atoms with Gasteiger partial charge >= 0.3 is 5.97 Å². The van der Waals surface area contributed by atoms with Crippen molar-refractivity contribution in [3.05, 3.63) is 65.5 Å². The number of halogens is 1. The van der Waals surface area contributed by atoms with Crippen LogP contribution in [-0.2, 0) is 11.3 Å². The van der Waals surface area contributed by atoms with Crippen LogP contribution in [0.4, 0.5) is 10.1 Å². The summed E-state index contributed by atoms with van der Waals surface area (Å²) in [5.41, 5.74) is 0.741. The smallest absolute Gasteiger partial charge is 0.354 e. The monoisotopic (exact) mass is 272 g/mol. The van der Waals surface area contributed by atoms with Crippen molar-refractivity contribution in [2.75, 3.05) is 5.32 Å². The van der Waals surface area contributed by atoms with Crippen LogP contribution in [0.1, 0.15) is 11.1 Å². The Balaban J connectivity index is 2.20. The summed E-state index contributed by atoms with van der Waals surface area (Å²) in [6, 6.07) is 12.9. The molecule has 0 saturated heterocycles. The molecule has 2 rings (SSSR count). The molecule has 2 aromatic rings. The molecule has 0 amide bonds. The summed E-state index contributed by atoms with van der Waals surface area (Å²) in [6.45, 7) is 0.219. The van der Waals surface area contributed by atoms with Gasteiger partial charge in [0, 0.05) is 23.4 Å². The molecule has 0 aliphatic rings. The average molecular weight is 272 g/mol. The van der Waals surface area contributed by atoms with Gasteiger partial charge in [0.2, 0.25) is 0 Å². The van der Waals surface area contributed by atoms with Gasteiger partial charge in [0.15, 0.2) is 0 Å². The molecular formula is C15H13FN2O2. The van der Waals surface area contributed by atoms with E-state index in [1.54, 1.807) is 42.5 Å². The largest absolute Gasteiger partial charge is 0.477 e. The summed E-state index contributed by atoms with van der Waals surface area (Å²) in [5.74, 6) is -1.63. The van der Waals surface area contributed by atoms with Crippen LogP contribution in [0.3, 0.4) is 0 Å². The minimum atomic E-state index is -1.30. The van der Waals surface area contributed by atoms with Crippen molar-refractivity contribution in [2.24, 2.45) is 0 Å². The zero-order chi connectivity index (χ0) is 14.5. The minimum Gasteiger partial charge on any atom is -0.477 e. The van der Waals surface area contributed by atoms with Crippen molar-refractivity contribution in [2.45, 2.75) is 6.54 Å². The van der Waals surface area contributed by atoms with E-state index in [9.17, 15) is 9.18 Å². The summed E-state index contributed by atoms with van der Waals surface area (Å²) in [4.78, 5) is 10.9. The minimum absolute atomic E-state index is 0.219. The van der Waals surface area contributed by atoms with E-state index < -0.39 is 11.7 Å². The maximum atomic E-state index is 13.5. The van der Waals surface area contributed by atoms with Crippen molar-refractivity contribution in [3.8, 4) is 0 Å². The van der Waals surface area contributed by atoms with Gasteiger partial charge < -0.3 is 10.4 Å². The third-order valence-corrected chi connectivity index (χ3v) is 2.84. The Morgan fingerprint density at radius 2 is 1.80 bits per heavy atom. The fourth-order valence-corrected chi connectivity index (χ4v) is 1.80. The van der Waals surface area contributed by atoms with Gasteiger partial charge in [-0.1, -0.05) is 36.4 Å². The molecule has 0 atom stereocenters. The number of hydrogen-bond donors (Lipinski definition) is 3. The molecule has 5 heteroatoms. The van der Waals surface area contributed by atoms with Gasteiger partial charge in [-0.15, -0.1) is 0 Å². The summed E-state index contributed by atoms with van der Waals surface area (Å²) in [7, 11) is 0. The molecule has 0 heterocycles. The third-order valence-electron chi connectivity index (χ3n) is 2.84. The van der Waals surface area contributed by atoms with Crippen molar-refractivity contribution in [3.63, 3.8) is 0 Å². The van der Waals surface area contributed by atoms with Gasteiger partial charge in [0.1, 0.15) is 11.5 Å². The molecule has 0 fully saturated rings. The number of carbonyl (C=O) groups is 1. The van der Waals surface area contributed by atoms with E-state index in [4.69, 9.17) is 10.5 Å². The molecule has 0 aromatic heterocycles. The lowest BCUT2D eigenvalue weighted by Gasteiger charge is -2.11. The van der Waals surface area contributed by atoms with E-state index in [-0.39, 0.29) is 17.9 Å². The van der Waals surface area contributed by atoms with Crippen LogP contribution in [0.2, 0.25) is 0 Å². The molecule has 0 bridgehead atoms. The highest BCUT2D eigenvalue weighted by molar-refractivity contribution is 6.42. The maximum Gasteiger partial charge on any atom is 0.354 e. The highest BCUT2D eigenvalue weighted by Crippen LogP contribution is 2.17. The standard InChI is InChI=1S/C15H13FN2O2/c16-12-7-3-1-5-10(12)9-18-13-8-4-2-6-11(13)14(17)15(19)20/h1-8,17-18H,9H2,(H,19,20). The average Bonchev–Trinajstić information content (AvgIpc) is 2.46. The first kappa shape index (κ1) is 13.7. The highest BCUT2D eigenvalue weighted by Gasteiger charge is 2.13. The molecule has 0 saturated carbocycles. The number of para-hydroxylation sites is 1. The second-order valence-corrected chi connectivity index (χ2v) is 4.17. The first-order valence-corrected chi connectivity index (χ1v) is 5.98. The van der Waals surface area contributed by atoms with Gasteiger partial charge in [0.05, 0.1) is 0 Å². The van der Waals surface area contributed by atoms with Crippen molar-refractivity contribution < 1.29 is 14.3 Å². The summed E-state index contributed by atoms with van der Waals surface area (Å²) in [6.07, 6.45) is 0. The number of aliphatic carboxylic acids is 1. The van der Waals surface area contributed by atoms with Crippen LogP contribution in [0.5, 0.6) is 0 Å². The summed E-state index contributed by atoms with van der Waals surface area (Å²) in [5, 5.41) is 19.4. The van der Waals surface area contributed by atoms with Crippen LogP contribution >= 0.6 is 0 Å². The van der Waals surface area contributed by atoms with Gasteiger partial charge in [-0.05, 0) is 12.1 Å².